The van der Waals surface area contributed by atoms with E-state index in [1.807, 2.05) is 0 Å². The highest BCUT2D eigenvalue weighted by Crippen LogP contribution is 2.45. The van der Waals surface area contributed by atoms with Gasteiger partial charge in [0.05, 0.1) is 26.4 Å². The van der Waals surface area contributed by atoms with Crippen molar-refractivity contribution in [3.63, 3.8) is 0 Å². The van der Waals surface area contributed by atoms with Gasteiger partial charge >= 0.3 is 39.5 Å². The maximum atomic E-state index is 13.1. The van der Waals surface area contributed by atoms with Crippen LogP contribution in [-0.2, 0) is 65.4 Å². The van der Waals surface area contributed by atoms with E-state index in [2.05, 4.69) is 34.6 Å². The van der Waals surface area contributed by atoms with Crippen LogP contribution in [0.3, 0.4) is 0 Å². The van der Waals surface area contributed by atoms with Crippen LogP contribution >= 0.6 is 15.6 Å². The molecule has 19 heteroatoms. The van der Waals surface area contributed by atoms with Gasteiger partial charge in [-0.05, 0) is 31.6 Å². The van der Waals surface area contributed by atoms with E-state index in [4.69, 9.17) is 37.0 Å². The Morgan fingerprint density at radius 2 is 0.465 bits per heavy atom. The SMILES string of the molecule is CCCCCCCCCCCCCCCCCCCCCCCC(=O)O[C@H](COC(=O)CCCCCCCCCCCCCCCCC)COP(=O)(O)OC[C@@H](O)COP(=O)(O)OC[C@@H](COC(=O)CCCCCCCCCC(C)C)OC(=O)CCCCCCCCCCCCCCC. The molecule has 17 nitrogen and oxygen atoms in total. The third-order valence-corrected chi connectivity index (χ3v) is 20.7. The first-order chi connectivity index (χ1) is 48.0. The molecule has 0 saturated carbocycles. The zero-order chi connectivity index (χ0) is 72.7. The van der Waals surface area contributed by atoms with Gasteiger partial charge in [-0.1, -0.05) is 375 Å². The number of phosphoric acid groups is 2. The lowest BCUT2D eigenvalue weighted by molar-refractivity contribution is -0.161. The molecule has 0 aliphatic rings. The normalized spacial score (nSPS) is 13.9. The molecule has 588 valence electrons. The summed E-state index contributed by atoms with van der Waals surface area (Å²) in [4.78, 5) is 72.9. The van der Waals surface area contributed by atoms with Gasteiger partial charge in [-0.3, -0.25) is 37.3 Å². The molecule has 0 spiro atoms. The van der Waals surface area contributed by atoms with Gasteiger partial charge in [-0.15, -0.1) is 0 Å². The molecule has 0 aromatic carbocycles. The average Bonchev–Trinajstić information content (AvgIpc) is 2.97. The van der Waals surface area contributed by atoms with Crippen molar-refractivity contribution in [2.75, 3.05) is 39.6 Å². The Bertz CT molecular complexity index is 1890. The van der Waals surface area contributed by atoms with Crippen LogP contribution in [-0.4, -0.2) is 96.7 Å². The topological polar surface area (TPSA) is 237 Å². The highest BCUT2D eigenvalue weighted by atomic mass is 31.2. The maximum absolute atomic E-state index is 13.1. The van der Waals surface area contributed by atoms with Crippen molar-refractivity contribution in [3.8, 4) is 0 Å². The van der Waals surface area contributed by atoms with E-state index in [1.165, 1.54) is 244 Å². The van der Waals surface area contributed by atoms with E-state index in [1.54, 1.807) is 0 Å². The summed E-state index contributed by atoms with van der Waals surface area (Å²) in [6, 6.07) is 0. The number of aliphatic hydroxyl groups excluding tert-OH is 1. The van der Waals surface area contributed by atoms with Crippen molar-refractivity contribution in [2.24, 2.45) is 5.92 Å². The van der Waals surface area contributed by atoms with E-state index in [9.17, 15) is 43.2 Å². The highest BCUT2D eigenvalue weighted by molar-refractivity contribution is 7.47. The highest BCUT2D eigenvalue weighted by Gasteiger charge is 2.30. The minimum atomic E-state index is -4.96. The summed E-state index contributed by atoms with van der Waals surface area (Å²) < 4.78 is 68.7. The number of carbonyl (C=O) groups excluding carboxylic acids is 4. The van der Waals surface area contributed by atoms with Gasteiger partial charge in [-0.25, -0.2) is 9.13 Å². The molecular weight excluding hydrogens is 1290 g/mol. The van der Waals surface area contributed by atoms with Crippen molar-refractivity contribution in [2.45, 2.75) is 445 Å². The molecule has 3 N–H and O–H groups in total. The van der Waals surface area contributed by atoms with E-state index in [0.29, 0.717) is 31.6 Å². The fraction of sp³-hybridized carbons (Fsp3) is 0.950. The Morgan fingerprint density at radius 3 is 0.687 bits per heavy atom. The second kappa shape index (κ2) is 73.0. The van der Waals surface area contributed by atoms with Crippen LogP contribution in [0.2, 0.25) is 0 Å². The molecule has 0 fully saturated rings. The molecule has 0 rings (SSSR count). The van der Waals surface area contributed by atoms with Gasteiger partial charge in [0.15, 0.2) is 12.2 Å². The van der Waals surface area contributed by atoms with E-state index in [0.717, 1.165) is 96.3 Å². The predicted octanol–water partition coefficient (Wildman–Crippen LogP) is 24.0. The summed E-state index contributed by atoms with van der Waals surface area (Å²) in [6.07, 6.45) is 63.9. The Balaban J connectivity index is 5.21. The lowest BCUT2D eigenvalue weighted by Gasteiger charge is -2.21. The van der Waals surface area contributed by atoms with Crippen LogP contribution in [0.4, 0.5) is 0 Å². The smallest absolute Gasteiger partial charge is 0.462 e. The molecule has 0 aromatic rings. The minimum absolute atomic E-state index is 0.107. The molecule has 5 atom stereocenters. The van der Waals surface area contributed by atoms with Crippen LogP contribution in [0.15, 0.2) is 0 Å². The van der Waals surface area contributed by atoms with Gasteiger partial charge in [0.2, 0.25) is 0 Å². The maximum Gasteiger partial charge on any atom is 0.472 e. The number of aliphatic hydroxyl groups is 1. The Morgan fingerprint density at radius 1 is 0.273 bits per heavy atom. The zero-order valence-electron chi connectivity index (χ0n) is 64.6. The number of rotatable bonds is 80. The van der Waals surface area contributed by atoms with Crippen LogP contribution in [0, 0.1) is 5.92 Å². The second-order valence-corrected chi connectivity index (χ2v) is 32.2. The van der Waals surface area contributed by atoms with Crippen LogP contribution in [0.25, 0.3) is 0 Å². The van der Waals surface area contributed by atoms with Crippen molar-refractivity contribution in [1.82, 2.24) is 0 Å². The number of phosphoric ester groups is 2. The molecular formula is C80H156O17P2. The van der Waals surface area contributed by atoms with Crippen molar-refractivity contribution in [3.05, 3.63) is 0 Å². The van der Waals surface area contributed by atoms with Crippen LogP contribution < -0.4 is 0 Å². The molecule has 0 aliphatic heterocycles. The Hall–Kier alpha value is -1.94. The van der Waals surface area contributed by atoms with E-state index in [-0.39, 0.29) is 25.7 Å². The van der Waals surface area contributed by atoms with E-state index < -0.39 is 97.5 Å². The average molecular weight is 1450 g/mol. The molecule has 0 radical (unpaired) electrons. The zero-order valence-corrected chi connectivity index (χ0v) is 66.4. The van der Waals surface area contributed by atoms with Crippen LogP contribution in [0.1, 0.15) is 426 Å². The first-order valence-corrected chi connectivity index (χ1v) is 44.6. The van der Waals surface area contributed by atoms with Crippen LogP contribution in [0.5, 0.6) is 0 Å². The summed E-state index contributed by atoms with van der Waals surface area (Å²) in [6.45, 7) is 7.27. The lowest BCUT2D eigenvalue weighted by atomic mass is 10.0. The van der Waals surface area contributed by atoms with Gasteiger partial charge in [-0.2, -0.15) is 0 Å². The van der Waals surface area contributed by atoms with Crippen molar-refractivity contribution >= 4 is 39.5 Å². The molecule has 0 amide bonds. The standard InChI is InChI=1S/C80H156O17P2/c1-6-9-12-15-18-21-24-27-29-30-31-32-33-34-36-39-42-45-50-56-61-66-80(85)96-75(69-90-77(82)63-58-53-48-43-40-38-35-28-25-22-19-16-13-10-7-2)71-94-98(86,87)92-67-74(81)68-93-99(88,89)95-72-76(70-91-78(83)64-59-54-51-46-47-52-57-62-73(4)5)97-79(84)65-60-55-49-44-41-37-26-23-20-17-14-11-8-3/h73-76,81H,6-72H2,1-5H3,(H,86,87)(H,88,89)/t74-,75-,76-/m1/s1. The first kappa shape index (κ1) is 97.1. The fourth-order valence-electron chi connectivity index (χ4n) is 12.4. The predicted molar refractivity (Wildman–Crippen MR) is 405 cm³/mol. The molecule has 0 aromatic heterocycles. The third kappa shape index (κ3) is 74.1. The summed E-state index contributed by atoms with van der Waals surface area (Å²) in [5, 5.41) is 10.6. The molecule has 0 bridgehead atoms. The van der Waals surface area contributed by atoms with Crippen molar-refractivity contribution < 1.29 is 80.2 Å². The first-order valence-electron chi connectivity index (χ1n) is 41.6. The summed E-state index contributed by atoms with van der Waals surface area (Å²) in [5.41, 5.74) is 0. The number of hydrogen-bond acceptors (Lipinski definition) is 15. The van der Waals surface area contributed by atoms with Crippen molar-refractivity contribution in [1.29, 1.82) is 0 Å². The molecule has 2 unspecified atom stereocenters. The third-order valence-electron chi connectivity index (χ3n) is 18.8. The number of unbranched alkanes of at least 4 members (excludes halogenated alkanes) is 52. The number of carbonyl (C=O) groups is 4. The molecule has 0 saturated heterocycles. The largest absolute Gasteiger partial charge is 0.472 e. The second-order valence-electron chi connectivity index (χ2n) is 29.3. The van der Waals surface area contributed by atoms with Gasteiger partial charge in [0.1, 0.15) is 19.3 Å². The summed E-state index contributed by atoms with van der Waals surface area (Å²) >= 11 is 0. The Kier molecular flexibility index (Phi) is 71.6. The van der Waals surface area contributed by atoms with Gasteiger partial charge < -0.3 is 33.8 Å². The van der Waals surface area contributed by atoms with Gasteiger partial charge in [0.25, 0.3) is 0 Å². The Labute approximate surface area is 607 Å². The monoisotopic (exact) mass is 1450 g/mol. The number of ether oxygens (including phenoxy) is 4. The minimum Gasteiger partial charge on any atom is -0.462 e. The number of esters is 4. The summed E-state index contributed by atoms with van der Waals surface area (Å²) in [7, 11) is -9.92. The molecule has 0 aliphatic carbocycles. The molecule has 99 heavy (non-hydrogen) atoms. The number of hydrogen-bond donors (Lipinski definition) is 3. The fourth-order valence-corrected chi connectivity index (χ4v) is 14.0. The summed E-state index contributed by atoms with van der Waals surface area (Å²) in [5.74, 6) is -1.40. The van der Waals surface area contributed by atoms with Gasteiger partial charge in [0, 0.05) is 25.7 Å². The lowest BCUT2D eigenvalue weighted by Crippen LogP contribution is -2.30. The molecule has 0 heterocycles. The van der Waals surface area contributed by atoms with E-state index >= 15 is 0 Å². The quantitative estimate of drug-likeness (QED) is 0.0222.